The number of fused-ring (bicyclic) bond motifs is 1. The van der Waals surface area contributed by atoms with Crippen molar-refractivity contribution in [3.63, 3.8) is 0 Å². The summed E-state index contributed by atoms with van der Waals surface area (Å²) in [4.78, 5) is 10.1. The van der Waals surface area contributed by atoms with Gasteiger partial charge in [-0.25, -0.2) is 4.98 Å². The number of rotatable bonds is 7. The van der Waals surface area contributed by atoms with Gasteiger partial charge in [0.15, 0.2) is 0 Å². The molecule has 8 rings (SSSR count). The maximum absolute atomic E-state index is 11.7. The number of phenols is 1. The van der Waals surface area contributed by atoms with Crippen LogP contribution in [0.5, 0.6) is 5.75 Å². The van der Waals surface area contributed by atoms with E-state index in [0.29, 0.717) is 39.3 Å². The van der Waals surface area contributed by atoms with E-state index in [1.807, 2.05) is 111 Å². The fourth-order valence-corrected chi connectivity index (χ4v) is 7.32. The molecule has 57 heavy (non-hydrogen) atoms. The van der Waals surface area contributed by atoms with Crippen LogP contribution in [0.3, 0.4) is 0 Å². The Morgan fingerprint density at radius 2 is 1.51 bits per heavy atom. The summed E-state index contributed by atoms with van der Waals surface area (Å²) in [5.74, 6) is -0.317. The van der Waals surface area contributed by atoms with Crippen LogP contribution >= 0.6 is 0 Å². The molecule has 0 aliphatic rings. The summed E-state index contributed by atoms with van der Waals surface area (Å²) >= 11 is 0. The number of para-hydroxylation sites is 1. The van der Waals surface area contributed by atoms with Crippen molar-refractivity contribution in [2.45, 2.75) is 66.6 Å². The third kappa shape index (κ3) is 7.76. The number of hydrogen-bond donors (Lipinski definition) is 1. The number of aromatic hydroxyl groups is 1. The predicted molar refractivity (Wildman–Crippen MR) is 234 cm³/mol. The molecule has 2 heterocycles. The number of hydrogen-bond acceptors (Lipinski definition) is 3. The standard InChI is InChI=1S/C52H48N3O.Pt/c1-32(2)45-31-42(21-22-43(45)37-13-10-9-11-14-37)55-48-16-12-15-44(49(48)54-51(55)46-26-34(4)25-35(5)50(46)56)39-27-40(29-41(28-39)52(6,7)8)47-30-38(23-24-53-47)36-19-17-33(3)18-20-36;/h9-26,28-32,56H,1-8H3;/q-1;/i3D3,17D,18D,19D,20D,32D;. The zero-order valence-corrected chi connectivity index (χ0v) is 35.3. The summed E-state index contributed by atoms with van der Waals surface area (Å²) in [6, 6.07) is 34.9. The number of nitrogens with zero attached hydrogens (tertiary/aromatic N) is 3. The van der Waals surface area contributed by atoms with E-state index in [2.05, 4.69) is 39.0 Å². The number of pyridine rings is 1. The number of benzene rings is 6. The normalized spacial score (nSPS) is 14.0. The summed E-state index contributed by atoms with van der Waals surface area (Å²) in [5.41, 5.74) is 10.1. The summed E-state index contributed by atoms with van der Waals surface area (Å²) < 4.78 is 69.5. The molecule has 8 aromatic rings. The molecule has 0 atom stereocenters. The Bertz CT molecular complexity index is 3120. The third-order valence-corrected chi connectivity index (χ3v) is 10.2. The van der Waals surface area contributed by atoms with Gasteiger partial charge in [0.05, 0.1) is 22.1 Å². The van der Waals surface area contributed by atoms with Gasteiger partial charge in [0.25, 0.3) is 0 Å². The second-order valence-electron chi connectivity index (χ2n) is 15.6. The predicted octanol–water partition coefficient (Wildman–Crippen LogP) is 13.6. The van der Waals surface area contributed by atoms with Crippen LogP contribution in [0.15, 0.2) is 133 Å². The van der Waals surface area contributed by atoms with Gasteiger partial charge >= 0.3 is 0 Å². The van der Waals surface area contributed by atoms with Crippen molar-refractivity contribution in [1.82, 2.24) is 14.5 Å². The SMILES string of the molecule is [2H]c1c([2H])c(C([2H])([2H])[2H])c([2H])c([2H])c1-c1ccnc(-c2[c-]c(-c3cccc4c3nc(-c3cc(C)cc(C)c3O)n4-c3ccc(-c4ccccc4)c(C([2H])(C)C)c3)cc(C(C)(C)C)c2)c1.[Pt]. The molecule has 6 aromatic carbocycles. The first-order chi connectivity index (χ1) is 30.0. The van der Waals surface area contributed by atoms with Crippen LogP contribution in [-0.2, 0) is 26.5 Å². The Labute approximate surface area is 362 Å². The van der Waals surface area contributed by atoms with Crippen LogP contribution in [0.1, 0.15) is 79.3 Å². The molecule has 0 saturated heterocycles. The molecule has 4 nitrogen and oxygen atoms in total. The van der Waals surface area contributed by atoms with Gasteiger partial charge in [0, 0.05) is 44.1 Å². The monoisotopic (exact) mass is 933 g/mol. The number of imidazole rings is 1. The van der Waals surface area contributed by atoms with Gasteiger partial charge in [-0.05, 0) is 101 Å². The zero-order valence-electron chi connectivity index (χ0n) is 41.0. The van der Waals surface area contributed by atoms with Gasteiger partial charge in [0.2, 0.25) is 0 Å². The largest absolute Gasteiger partial charge is 0.507 e. The maximum atomic E-state index is 11.7. The van der Waals surface area contributed by atoms with Gasteiger partial charge in [-0.1, -0.05) is 136 Å². The Hall–Kier alpha value is -5.57. The van der Waals surface area contributed by atoms with E-state index in [-0.39, 0.29) is 37.8 Å². The molecule has 0 fully saturated rings. The number of phenolic OH excluding ortho intramolecular Hbond substituents is 1. The first-order valence-corrected chi connectivity index (χ1v) is 18.7. The topological polar surface area (TPSA) is 50.9 Å². The summed E-state index contributed by atoms with van der Waals surface area (Å²) in [7, 11) is 0. The fourth-order valence-electron chi connectivity index (χ4n) is 7.32. The van der Waals surface area contributed by atoms with E-state index in [0.717, 1.165) is 50.1 Å². The Kier molecular flexibility index (Phi) is 8.44. The van der Waals surface area contributed by atoms with Crippen LogP contribution in [0.4, 0.5) is 0 Å². The van der Waals surface area contributed by atoms with E-state index in [4.69, 9.17) is 19.6 Å². The number of aromatic nitrogens is 3. The van der Waals surface area contributed by atoms with Crippen molar-refractivity contribution in [1.29, 1.82) is 0 Å². The van der Waals surface area contributed by atoms with Crippen LogP contribution in [0.2, 0.25) is 0 Å². The molecular weight excluding hydrogens is 878 g/mol. The van der Waals surface area contributed by atoms with Crippen molar-refractivity contribution < 1.29 is 37.1 Å². The second kappa shape index (κ2) is 15.8. The van der Waals surface area contributed by atoms with Crippen LogP contribution in [0, 0.1) is 26.8 Å². The number of aryl methyl sites for hydroxylation is 2. The molecule has 0 unspecified atom stereocenters. The Morgan fingerprint density at radius 1 is 0.754 bits per heavy atom. The molecule has 0 spiro atoms. The molecule has 2 aromatic heterocycles. The maximum Gasteiger partial charge on any atom is 0.148 e. The molecule has 1 N–H and O–H groups in total. The van der Waals surface area contributed by atoms with Crippen molar-refractivity contribution in [3.05, 3.63) is 167 Å². The van der Waals surface area contributed by atoms with Crippen molar-refractivity contribution in [2.75, 3.05) is 0 Å². The molecule has 0 bridgehead atoms. The third-order valence-electron chi connectivity index (χ3n) is 10.2. The molecule has 5 heteroatoms. The van der Waals surface area contributed by atoms with E-state index < -0.39 is 42.5 Å². The average molecular weight is 934 g/mol. The van der Waals surface area contributed by atoms with Gasteiger partial charge in [-0.3, -0.25) is 9.55 Å². The quantitative estimate of drug-likeness (QED) is 0.162. The van der Waals surface area contributed by atoms with Gasteiger partial charge < -0.3 is 5.11 Å². The molecule has 0 aliphatic heterocycles. The minimum absolute atomic E-state index is 0. The molecule has 0 aliphatic carbocycles. The van der Waals surface area contributed by atoms with Crippen molar-refractivity contribution >= 4 is 11.0 Å². The molecule has 288 valence electrons. The van der Waals surface area contributed by atoms with Crippen LogP contribution in [0.25, 0.3) is 72.7 Å². The smallest absolute Gasteiger partial charge is 0.148 e. The van der Waals surface area contributed by atoms with E-state index in [1.54, 1.807) is 12.1 Å². The zero-order chi connectivity index (χ0) is 46.2. The fraction of sp³-hybridized carbons (Fsp3) is 0.192. The summed E-state index contributed by atoms with van der Waals surface area (Å²) in [6.45, 7) is 11.1. The van der Waals surface area contributed by atoms with E-state index in [9.17, 15) is 6.48 Å². The van der Waals surface area contributed by atoms with Gasteiger partial charge in [-0.2, -0.15) is 0 Å². The van der Waals surface area contributed by atoms with Crippen molar-refractivity contribution in [3.8, 4) is 67.5 Å². The molecule has 0 radical (unpaired) electrons. The summed E-state index contributed by atoms with van der Waals surface area (Å²) in [6.07, 6.45) is 1.53. The van der Waals surface area contributed by atoms with E-state index >= 15 is 0 Å². The Morgan fingerprint density at radius 3 is 2.23 bits per heavy atom. The Balaban J connectivity index is 0.00000630. The van der Waals surface area contributed by atoms with Crippen LogP contribution < -0.4 is 0 Å². The van der Waals surface area contributed by atoms with Crippen LogP contribution in [-0.4, -0.2) is 19.6 Å². The molecule has 0 amide bonds. The first-order valence-electron chi connectivity index (χ1n) is 22.7. The first kappa shape index (κ1) is 30.6. The van der Waals surface area contributed by atoms with Gasteiger partial charge in [0.1, 0.15) is 11.6 Å². The minimum Gasteiger partial charge on any atom is -0.507 e. The molecule has 0 saturated carbocycles. The van der Waals surface area contributed by atoms with Crippen molar-refractivity contribution in [2.24, 2.45) is 0 Å². The molecular formula is C52H48N3OPt-. The minimum atomic E-state index is -2.83. The summed E-state index contributed by atoms with van der Waals surface area (Å²) in [5, 5.41) is 11.7. The van der Waals surface area contributed by atoms with Gasteiger partial charge in [-0.15, -0.1) is 29.3 Å². The second-order valence-corrected chi connectivity index (χ2v) is 15.6. The van der Waals surface area contributed by atoms with E-state index in [1.165, 1.54) is 6.20 Å². The average Bonchev–Trinajstić information content (AvgIpc) is 3.63.